The van der Waals surface area contributed by atoms with Gasteiger partial charge in [0.2, 0.25) is 0 Å². The molecule has 1 aromatic carbocycles. The Morgan fingerprint density at radius 1 is 1.24 bits per heavy atom. The molecular formula is C12H7FN6O2. The van der Waals surface area contributed by atoms with Gasteiger partial charge in [-0.05, 0) is 22.6 Å². The summed E-state index contributed by atoms with van der Waals surface area (Å²) in [5.74, 6) is -0.286. The number of pyridine rings is 1. The van der Waals surface area contributed by atoms with Gasteiger partial charge in [-0.2, -0.15) is 0 Å². The predicted molar refractivity (Wildman–Crippen MR) is 69.5 cm³/mol. The zero-order valence-corrected chi connectivity index (χ0v) is 10.4. The topological polar surface area (TPSA) is 110 Å². The van der Waals surface area contributed by atoms with Crippen molar-refractivity contribution < 1.29 is 9.31 Å². The standard InChI is InChI=1S/C12H7FN6O2/c13-10-5-8(19(20)21)2-3-9(10)7-1-4-11(14-6-7)12-15-17-18-16-12/h1-6H,(H,15,16,17,18). The first kappa shape index (κ1) is 12.8. The first-order valence-electron chi connectivity index (χ1n) is 5.79. The Kier molecular flexibility index (Phi) is 3.07. The lowest BCUT2D eigenvalue weighted by atomic mass is 10.1. The van der Waals surface area contributed by atoms with E-state index in [-0.39, 0.29) is 11.3 Å². The number of halogens is 1. The third-order valence-electron chi connectivity index (χ3n) is 2.83. The van der Waals surface area contributed by atoms with Crippen LogP contribution in [0.25, 0.3) is 22.6 Å². The molecule has 0 spiro atoms. The van der Waals surface area contributed by atoms with Crippen LogP contribution in [0.2, 0.25) is 0 Å². The maximum Gasteiger partial charge on any atom is 0.272 e. The summed E-state index contributed by atoms with van der Waals surface area (Å²) in [7, 11) is 0. The van der Waals surface area contributed by atoms with Gasteiger partial charge in [0.05, 0.1) is 11.0 Å². The van der Waals surface area contributed by atoms with E-state index in [2.05, 4.69) is 25.6 Å². The molecule has 0 atom stereocenters. The molecule has 1 N–H and O–H groups in total. The Hall–Kier alpha value is -3.23. The molecule has 0 bridgehead atoms. The molecule has 104 valence electrons. The second kappa shape index (κ2) is 5.04. The molecule has 0 saturated carbocycles. The summed E-state index contributed by atoms with van der Waals surface area (Å²) in [4.78, 5) is 14.1. The van der Waals surface area contributed by atoms with Crippen LogP contribution in [0.5, 0.6) is 0 Å². The normalized spacial score (nSPS) is 10.5. The number of non-ortho nitro benzene ring substituents is 1. The van der Waals surface area contributed by atoms with Crippen LogP contribution in [0.4, 0.5) is 10.1 Å². The van der Waals surface area contributed by atoms with Crippen LogP contribution in [-0.4, -0.2) is 30.5 Å². The van der Waals surface area contributed by atoms with Gasteiger partial charge in [0.1, 0.15) is 11.5 Å². The lowest BCUT2D eigenvalue weighted by molar-refractivity contribution is -0.385. The molecule has 9 heteroatoms. The van der Waals surface area contributed by atoms with Gasteiger partial charge < -0.3 is 0 Å². The van der Waals surface area contributed by atoms with Gasteiger partial charge in [0, 0.05) is 23.4 Å². The monoisotopic (exact) mass is 286 g/mol. The number of nitro benzene ring substituents is 1. The number of nitrogens with zero attached hydrogens (tertiary/aromatic N) is 5. The summed E-state index contributed by atoms with van der Waals surface area (Å²) in [5.41, 5.74) is 0.939. The Bertz CT molecular complexity index is 788. The van der Waals surface area contributed by atoms with Crippen molar-refractivity contribution in [1.82, 2.24) is 25.6 Å². The first-order valence-corrected chi connectivity index (χ1v) is 5.79. The second-order valence-electron chi connectivity index (χ2n) is 4.10. The van der Waals surface area contributed by atoms with E-state index in [9.17, 15) is 14.5 Å². The molecule has 0 amide bonds. The molecule has 0 unspecified atom stereocenters. The fourth-order valence-electron chi connectivity index (χ4n) is 1.81. The quantitative estimate of drug-likeness (QED) is 0.582. The molecule has 2 heterocycles. The zero-order chi connectivity index (χ0) is 14.8. The van der Waals surface area contributed by atoms with Crippen molar-refractivity contribution in [3.05, 3.63) is 52.5 Å². The highest BCUT2D eigenvalue weighted by Gasteiger charge is 2.12. The van der Waals surface area contributed by atoms with Crippen LogP contribution >= 0.6 is 0 Å². The summed E-state index contributed by atoms with van der Waals surface area (Å²) in [6, 6.07) is 6.73. The summed E-state index contributed by atoms with van der Waals surface area (Å²) < 4.78 is 13.9. The van der Waals surface area contributed by atoms with Gasteiger partial charge in [0.25, 0.3) is 5.69 Å². The highest BCUT2D eigenvalue weighted by molar-refractivity contribution is 5.66. The maximum atomic E-state index is 13.9. The number of benzene rings is 1. The SMILES string of the molecule is O=[N+]([O-])c1ccc(-c2ccc(-c3nnn[nH]3)nc2)c(F)c1. The van der Waals surface area contributed by atoms with Crippen LogP contribution in [0.15, 0.2) is 36.5 Å². The van der Waals surface area contributed by atoms with Gasteiger partial charge in [-0.1, -0.05) is 6.07 Å². The molecule has 3 rings (SSSR count). The van der Waals surface area contributed by atoms with Gasteiger partial charge in [0.15, 0.2) is 5.82 Å². The van der Waals surface area contributed by atoms with Crippen molar-refractivity contribution in [2.75, 3.05) is 0 Å². The average Bonchev–Trinajstić information content (AvgIpc) is 3.01. The zero-order valence-electron chi connectivity index (χ0n) is 10.4. The van der Waals surface area contributed by atoms with Crippen LogP contribution < -0.4 is 0 Å². The van der Waals surface area contributed by atoms with E-state index in [0.717, 1.165) is 6.07 Å². The number of tetrazole rings is 1. The van der Waals surface area contributed by atoms with Crippen molar-refractivity contribution in [2.24, 2.45) is 0 Å². The number of rotatable bonds is 3. The molecule has 8 nitrogen and oxygen atoms in total. The number of nitrogens with one attached hydrogen (secondary N) is 1. The number of hydrogen-bond acceptors (Lipinski definition) is 6. The molecule has 0 aliphatic carbocycles. The van der Waals surface area contributed by atoms with E-state index in [1.807, 2.05) is 0 Å². The molecule has 3 aromatic rings. The van der Waals surface area contributed by atoms with Crippen molar-refractivity contribution in [3.8, 4) is 22.6 Å². The summed E-state index contributed by atoms with van der Waals surface area (Å²) in [5, 5.41) is 23.7. The number of hydrogen-bond donors (Lipinski definition) is 1. The van der Waals surface area contributed by atoms with Crippen LogP contribution in [0.1, 0.15) is 0 Å². The highest BCUT2D eigenvalue weighted by atomic mass is 19.1. The van der Waals surface area contributed by atoms with Crippen molar-refractivity contribution in [2.45, 2.75) is 0 Å². The third-order valence-corrected chi connectivity index (χ3v) is 2.83. The van der Waals surface area contributed by atoms with Crippen molar-refractivity contribution in [3.63, 3.8) is 0 Å². The molecule has 0 saturated heterocycles. The van der Waals surface area contributed by atoms with Gasteiger partial charge in [-0.3, -0.25) is 15.1 Å². The van der Waals surface area contributed by atoms with Crippen LogP contribution in [0.3, 0.4) is 0 Å². The Morgan fingerprint density at radius 2 is 2.10 bits per heavy atom. The van der Waals surface area contributed by atoms with E-state index in [4.69, 9.17) is 0 Å². The first-order chi connectivity index (χ1) is 10.1. The number of H-pyrrole nitrogens is 1. The molecular weight excluding hydrogens is 279 g/mol. The third kappa shape index (κ3) is 2.43. The molecule has 21 heavy (non-hydrogen) atoms. The van der Waals surface area contributed by atoms with E-state index in [1.165, 1.54) is 18.3 Å². The second-order valence-corrected chi connectivity index (χ2v) is 4.10. The molecule has 0 aliphatic rings. The van der Waals surface area contributed by atoms with Crippen molar-refractivity contribution in [1.29, 1.82) is 0 Å². The van der Waals surface area contributed by atoms with Gasteiger partial charge in [-0.25, -0.2) is 9.49 Å². The smallest absolute Gasteiger partial charge is 0.258 e. The van der Waals surface area contributed by atoms with Crippen LogP contribution in [-0.2, 0) is 0 Å². The van der Waals surface area contributed by atoms with Gasteiger partial charge >= 0.3 is 0 Å². The minimum absolute atomic E-state index is 0.232. The minimum Gasteiger partial charge on any atom is -0.258 e. The predicted octanol–water partition coefficient (Wildman–Crippen LogP) is 1.98. The number of aromatic amines is 1. The lowest BCUT2D eigenvalue weighted by Gasteiger charge is -2.03. The molecule has 2 aromatic heterocycles. The fourth-order valence-corrected chi connectivity index (χ4v) is 1.81. The average molecular weight is 286 g/mol. The number of aromatic nitrogens is 5. The van der Waals surface area contributed by atoms with Gasteiger partial charge in [-0.15, -0.1) is 5.10 Å². The number of nitro groups is 1. The molecule has 0 radical (unpaired) electrons. The summed E-state index contributed by atoms with van der Waals surface area (Å²) in [6.07, 6.45) is 1.45. The summed E-state index contributed by atoms with van der Waals surface area (Å²) in [6.45, 7) is 0. The van der Waals surface area contributed by atoms with E-state index in [1.54, 1.807) is 12.1 Å². The van der Waals surface area contributed by atoms with E-state index < -0.39 is 10.7 Å². The van der Waals surface area contributed by atoms with E-state index >= 15 is 0 Å². The largest absolute Gasteiger partial charge is 0.272 e. The van der Waals surface area contributed by atoms with Crippen molar-refractivity contribution >= 4 is 5.69 Å². The molecule has 0 aliphatic heterocycles. The minimum atomic E-state index is -0.680. The molecule has 0 fully saturated rings. The lowest BCUT2D eigenvalue weighted by Crippen LogP contribution is -1.92. The maximum absolute atomic E-state index is 13.9. The van der Waals surface area contributed by atoms with Crippen LogP contribution in [0, 0.1) is 15.9 Å². The Labute approximate surface area is 116 Å². The highest BCUT2D eigenvalue weighted by Crippen LogP contribution is 2.26. The summed E-state index contributed by atoms with van der Waals surface area (Å²) >= 11 is 0. The fraction of sp³-hybridized carbons (Fsp3) is 0. The van der Waals surface area contributed by atoms with E-state index in [0.29, 0.717) is 17.1 Å². The Balaban J connectivity index is 1.96. The Morgan fingerprint density at radius 3 is 2.67 bits per heavy atom.